The summed E-state index contributed by atoms with van der Waals surface area (Å²) < 4.78 is 14.1. The molecule has 0 N–H and O–H groups in total. The van der Waals surface area contributed by atoms with Gasteiger partial charge in [0.1, 0.15) is 5.83 Å². The Morgan fingerprint density at radius 1 is 1.04 bits per heavy atom. The first-order valence-electron chi connectivity index (χ1n) is 7.41. The summed E-state index contributed by atoms with van der Waals surface area (Å²) in [5.41, 5.74) is 2.77. The lowest BCUT2D eigenvalue weighted by atomic mass is 10.1. The maximum absolute atomic E-state index is 14.1. The third-order valence-corrected chi connectivity index (χ3v) is 3.83. The van der Waals surface area contributed by atoms with Crippen LogP contribution in [-0.2, 0) is 6.42 Å². The number of fused-ring (bicyclic) bond motifs is 1. The largest absolute Gasteiger partial charge is 0.269 e. The van der Waals surface area contributed by atoms with Crippen molar-refractivity contribution in [1.29, 1.82) is 0 Å². The van der Waals surface area contributed by atoms with Gasteiger partial charge in [-0.3, -0.25) is 14.5 Å². The van der Waals surface area contributed by atoms with Gasteiger partial charge in [-0.05, 0) is 37.1 Å². The number of aryl methyl sites for hydroxylation is 1. The molecule has 0 saturated carbocycles. The van der Waals surface area contributed by atoms with Gasteiger partial charge in [0.25, 0.3) is 11.8 Å². The minimum Gasteiger partial charge on any atom is -0.269 e. The Morgan fingerprint density at radius 2 is 1.70 bits per heavy atom. The molecule has 0 saturated heterocycles. The van der Waals surface area contributed by atoms with Crippen molar-refractivity contribution < 1.29 is 14.0 Å². The third kappa shape index (κ3) is 3.06. The molecule has 1 aliphatic heterocycles. The zero-order valence-corrected chi connectivity index (χ0v) is 12.8. The normalized spacial score (nSPS) is 14.3. The van der Waals surface area contributed by atoms with Gasteiger partial charge in [-0.15, -0.1) is 0 Å². The molecule has 0 aromatic heterocycles. The number of hydrogen-bond acceptors (Lipinski definition) is 2. The highest BCUT2D eigenvalue weighted by atomic mass is 19.1. The Labute approximate surface area is 134 Å². The molecule has 4 heteroatoms. The molecule has 0 atom stereocenters. The van der Waals surface area contributed by atoms with Crippen molar-refractivity contribution in [3.05, 3.63) is 82.7 Å². The van der Waals surface area contributed by atoms with E-state index < -0.39 is 17.6 Å². The van der Waals surface area contributed by atoms with Gasteiger partial charge in [-0.25, -0.2) is 4.39 Å². The maximum atomic E-state index is 14.1. The predicted molar refractivity (Wildman–Crippen MR) is 85.9 cm³/mol. The number of carbonyl (C=O) groups is 2. The van der Waals surface area contributed by atoms with Crippen LogP contribution in [0.4, 0.5) is 4.39 Å². The van der Waals surface area contributed by atoms with Crippen molar-refractivity contribution in [3.63, 3.8) is 0 Å². The number of imide groups is 1. The first-order valence-corrected chi connectivity index (χ1v) is 7.41. The molecule has 3 rings (SSSR count). The Kier molecular flexibility index (Phi) is 4.06. The molecule has 23 heavy (non-hydrogen) atoms. The van der Waals surface area contributed by atoms with Crippen molar-refractivity contribution in [1.82, 2.24) is 4.90 Å². The van der Waals surface area contributed by atoms with E-state index in [1.807, 2.05) is 31.2 Å². The molecule has 1 heterocycles. The topological polar surface area (TPSA) is 37.4 Å². The fraction of sp³-hybridized carbons (Fsp3) is 0.158. The Bertz CT molecular complexity index is 776. The molecule has 2 aromatic rings. The van der Waals surface area contributed by atoms with Crippen molar-refractivity contribution in [2.75, 3.05) is 6.54 Å². The zero-order valence-electron chi connectivity index (χ0n) is 12.8. The van der Waals surface area contributed by atoms with E-state index in [-0.39, 0.29) is 6.54 Å². The van der Waals surface area contributed by atoms with Crippen molar-refractivity contribution in [3.8, 4) is 0 Å². The van der Waals surface area contributed by atoms with Gasteiger partial charge in [0.2, 0.25) is 0 Å². The smallest absolute Gasteiger partial charge is 0.261 e. The third-order valence-electron chi connectivity index (χ3n) is 3.83. The predicted octanol–water partition coefficient (Wildman–Crippen LogP) is 3.69. The van der Waals surface area contributed by atoms with Gasteiger partial charge < -0.3 is 0 Å². The van der Waals surface area contributed by atoms with Crippen LogP contribution in [0.15, 0.2) is 60.4 Å². The molecule has 116 valence electrons. The summed E-state index contributed by atoms with van der Waals surface area (Å²) in [4.78, 5) is 25.3. The highest BCUT2D eigenvalue weighted by Gasteiger charge is 2.35. The molecule has 1 aliphatic rings. The van der Waals surface area contributed by atoms with Crippen LogP contribution in [0.1, 0.15) is 31.8 Å². The second-order valence-electron chi connectivity index (χ2n) is 5.59. The van der Waals surface area contributed by atoms with Crippen molar-refractivity contribution in [2.45, 2.75) is 13.3 Å². The van der Waals surface area contributed by atoms with E-state index in [4.69, 9.17) is 0 Å². The standard InChI is InChI=1S/C19H16FNO2/c1-13-5-4-6-14(11-13)9-10-15(20)12-21-18(22)16-7-2-3-8-17(16)19(21)23/h2-8,10-11H,9,12H2,1H3/b15-10-. The number of carbonyl (C=O) groups excluding carboxylic acids is 2. The van der Waals surface area contributed by atoms with Crippen LogP contribution >= 0.6 is 0 Å². The average molecular weight is 309 g/mol. The van der Waals surface area contributed by atoms with E-state index in [2.05, 4.69) is 0 Å². The van der Waals surface area contributed by atoms with Gasteiger partial charge >= 0.3 is 0 Å². The molecular formula is C19H16FNO2. The highest BCUT2D eigenvalue weighted by Crippen LogP contribution is 2.23. The lowest BCUT2D eigenvalue weighted by Gasteiger charge is -2.12. The number of halogens is 1. The van der Waals surface area contributed by atoms with Crippen LogP contribution in [0.25, 0.3) is 0 Å². The van der Waals surface area contributed by atoms with E-state index in [0.717, 1.165) is 16.0 Å². The van der Waals surface area contributed by atoms with Gasteiger partial charge in [-0.1, -0.05) is 42.0 Å². The van der Waals surface area contributed by atoms with E-state index in [1.165, 1.54) is 6.08 Å². The Hall–Kier alpha value is -2.75. The number of allylic oxidation sites excluding steroid dienone is 1. The van der Waals surface area contributed by atoms with Crippen LogP contribution in [0, 0.1) is 6.92 Å². The lowest BCUT2D eigenvalue weighted by molar-refractivity contribution is 0.0660. The van der Waals surface area contributed by atoms with E-state index in [1.54, 1.807) is 24.3 Å². The summed E-state index contributed by atoms with van der Waals surface area (Å²) in [5, 5.41) is 0. The summed E-state index contributed by atoms with van der Waals surface area (Å²) in [5.74, 6) is -1.37. The van der Waals surface area contributed by atoms with Crippen LogP contribution in [0.3, 0.4) is 0 Å². The Morgan fingerprint density at radius 3 is 2.30 bits per heavy atom. The molecule has 0 bridgehead atoms. The van der Waals surface area contributed by atoms with E-state index >= 15 is 0 Å². The summed E-state index contributed by atoms with van der Waals surface area (Å²) >= 11 is 0. The summed E-state index contributed by atoms with van der Waals surface area (Å²) in [6, 6.07) is 14.3. The van der Waals surface area contributed by atoms with Gasteiger partial charge in [0.05, 0.1) is 17.7 Å². The number of rotatable bonds is 4. The maximum Gasteiger partial charge on any atom is 0.261 e. The van der Waals surface area contributed by atoms with Crippen LogP contribution in [-0.4, -0.2) is 23.3 Å². The van der Waals surface area contributed by atoms with Gasteiger partial charge in [0.15, 0.2) is 0 Å². The fourth-order valence-electron chi connectivity index (χ4n) is 2.67. The summed E-state index contributed by atoms with van der Waals surface area (Å²) in [6.07, 6.45) is 1.84. The molecule has 0 unspecified atom stereocenters. The van der Waals surface area contributed by atoms with Crippen LogP contribution < -0.4 is 0 Å². The molecule has 3 nitrogen and oxygen atoms in total. The summed E-state index contributed by atoms with van der Waals surface area (Å²) in [7, 11) is 0. The van der Waals surface area contributed by atoms with Gasteiger partial charge in [-0.2, -0.15) is 0 Å². The minimum atomic E-state index is -0.485. The molecular weight excluding hydrogens is 293 g/mol. The monoisotopic (exact) mass is 309 g/mol. The lowest BCUT2D eigenvalue weighted by Crippen LogP contribution is -2.31. The zero-order chi connectivity index (χ0) is 16.4. The van der Waals surface area contributed by atoms with Crippen molar-refractivity contribution >= 4 is 11.8 Å². The second kappa shape index (κ2) is 6.16. The number of nitrogens with zero attached hydrogens (tertiary/aromatic N) is 1. The van der Waals surface area contributed by atoms with E-state index in [0.29, 0.717) is 17.5 Å². The average Bonchev–Trinajstić information content (AvgIpc) is 2.79. The Balaban J connectivity index is 1.71. The minimum absolute atomic E-state index is 0.321. The molecule has 0 fully saturated rings. The molecule has 0 spiro atoms. The first kappa shape index (κ1) is 15.2. The fourth-order valence-corrected chi connectivity index (χ4v) is 2.67. The van der Waals surface area contributed by atoms with Crippen LogP contribution in [0.2, 0.25) is 0 Å². The summed E-state index contributed by atoms with van der Waals surface area (Å²) in [6.45, 7) is 1.65. The number of benzene rings is 2. The SMILES string of the molecule is Cc1cccc(C/C=C(\F)CN2C(=O)c3ccccc3C2=O)c1. The number of amides is 2. The molecule has 0 aliphatic carbocycles. The highest BCUT2D eigenvalue weighted by molar-refractivity contribution is 6.21. The second-order valence-corrected chi connectivity index (χ2v) is 5.59. The number of hydrogen-bond donors (Lipinski definition) is 0. The molecule has 2 aromatic carbocycles. The quantitative estimate of drug-likeness (QED) is 0.808. The molecule has 2 amide bonds. The molecule has 0 radical (unpaired) electrons. The van der Waals surface area contributed by atoms with Crippen molar-refractivity contribution in [2.24, 2.45) is 0 Å². The van der Waals surface area contributed by atoms with Crippen LogP contribution in [0.5, 0.6) is 0 Å². The van der Waals surface area contributed by atoms with Gasteiger partial charge in [0, 0.05) is 0 Å². The first-order chi connectivity index (χ1) is 11.1. The van der Waals surface area contributed by atoms with E-state index in [9.17, 15) is 14.0 Å².